The van der Waals surface area contributed by atoms with Crippen LogP contribution in [0.2, 0.25) is 13.1 Å². The molecule has 0 N–H and O–H groups in total. The standard InChI is InChI=1S/C7H15OSi.O.Zr/c1-9(2)7-5-3-4-6-8-7;;/h9H,3-6H2,1-2H3;;. The summed E-state index contributed by atoms with van der Waals surface area (Å²) in [5, 5.41) is 0. The first-order valence-electron chi connectivity index (χ1n) is 4.24. The van der Waals surface area contributed by atoms with Gasteiger partial charge in [0.05, 0.1) is 0 Å². The Morgan fingerprint density at radius 2 is 2.18 bits per heavy atom. The molecular formula is C7H15O2SiZr. The summed E-state index contributed by atoms with van der Waals surface area (Å²) in [7, 11) is -0.847. The topological polar surface area (TPSA) is 26.3 Å². The molecule has 0 radical (unpaired) electrons. The van der Waals surface area contributed by atoms with Gasteiger partial charge in [-0.1, -0.05) is 0 Å². The molecule has 0 spiro atoms. The van der Waals surface area contributed by atoms with E-state index in [-0.39, 0.29) is 2.93 Å². The molecule has 1 aliphatic heterocycles. The van der Waals surface area contributed by atoms with Crippen LogP contribution >= 0.6 is 0 Å². The Balaban J connectivity index is 2.64. The van der Waals surface area contributed by atoms with Gasteiger partial charge in [0.1, 0.15) is 0 Å². The molecular weight excluding hydrogens is 235 g/mol. The van der Waals surface area contributed by atoms with Crippen molar-refractivity contribution in [2.75, 3.05) is 6.61 Å². The van der Waals surface area contributed by atoms with Crippen LogP contribution in [0, 0.1) is 0 Å². The summed E-state index contributed by atoms with van der Waals surface area (Å²) >= 11 is -1.46. The second-order valence-electron chi connectivity index (χ2n) is 3.45. The van der Waals surface area contributed by atoms with Gasteiger partial charge in [0.15, 0.2) is 0 Å². The van der Waals surface area contributed by atoms with Crippen molar-refractivity contribution >= 4 is 8.80 Å². The van der Waals surface area contributed by atoms with Crippen LogP contribution < -0.4 is 0 Å². The summed E-state index contributed by atoms with van der Waals surface area (Å²) in [6.07, 6.45) is 3.49. The Labute approximate surface area is 81.3 Å². The van der Waals surface area contributed by atoms with Crippen molar-refractivity contribution in [3.8, 4) is 0 Å². The van der Waals surface area contributed by atoms with Crippen LogP contribution in [0.3, 0.4) is 0 Å². The van der Waals surface area contributed by atoms with Gasteiger partial charge in [-0.15, -0.1) is 0 Å². The molecule has 0 saturated carbocycles. The van der Waals surface area contributed by atoms with Crippen LogP contribution in [0.5, 0.6) is 0 Å². The van der Waals surface area contributed by atoms with Gasteiger partial charge in [-0.25, -0.2) is 0 Å². The van der Waals surface area contributed by atoms with Crippen molar-refractivity contribution in [1.82, 2.24) is 0 Å². The molecule has 11 heavy (non-hydrogen) atoms. The van der Waals surface area contributed by atoms with Crippen molar-refractivity contribution in [2.24, 2.45) is 0 Å². The predicted molar refractivity (Wildman–Crippen MR) is 42.1 cm³/mol. The Morgan fingerprint density at radius 3 is 2.45 bits per heavy atom. The normalized spacial score (nSPS) is 31.9. The molecule has 1 unspecified atom stereocenters. The molecule has 0 aliphatic carbocycles. The van der Waals surface area contributed by atoms with Gasteiger partial charge in [0, 0.05) is 0 Å². The van der Waals surface area contributed by atoms with E-state index < -0.39 is 32.0 Å². The third-order valence-electron chi connectivity index (χ3n) is 2.41. The number of hydrogen-bond acceptors (Lipinski definition) is 2. The molecule has 1 atom stereocenters. The van der Waals surface area contributed by atoms with Gasteiger partial charge < -0.3 is 0 Å². The average Bonchev–Trinajstić information content (AvgIpc) is 2.05. The Hall–Kier alpha value is 0.860. The summed E-state index contributed by atoms with van der Waals surface area (Å²) in [6, 6.07) is 0. The van der Waals surface area contributed by atoms with Crippen molar-refractivity contribution in [3.05, 3.63) is 0 Å². The van der Waals surface area contributed by atoms with Crippen molar-refractivity contribution < 1.29 is 30.8 Å². The van der Waals surface area contributed by atoms with Gasteiger partial charge in [-0.05, 0) is 0 Å². The van der Waals surface area contributed by atoms with Crippen molar-refractivity contribution in [3.63, 3.8) is 0 Å². The SMILES string of the molecule is C[SiH](C)[C]1([Zr]=[O])CCCCO1. The summed E-state index contributed by atoms with van der Waals surface area (Å²) in [5.74, 6) is 0. The molecule has 2 nitrogen and oxygen atoms in total. The van der Waals surface area contributed by atoms with E-state index in [1.54, 1.807) is 0 Å². The molecule has 0 aromatic heterocycles. The zero-order chi connectivity index (χ0) is 8.32. The first-order chi connectivity index (χ1) is 5.21. The van der Waals surface area contributed by atoms with E-state index >= 15 is 0 Å². The Bertz CT molecular complexity index is 143. The molecule has 0 aromatic rings. The van der Waals surface area contributed by atoms with E-state index in [1.165, 1.54) is 12.8 Å². The molecule has 63 valence electrons. The van der Waals surface area contributed by atoms with E-state index in [0.29, 0.717) is 0 Å². The molecule has 4 heteroatoms. The van der Waals surface area contributed by atoms with E-state index in [4.69, 9.17) is 4.74 Å². The summed E-state index contributed by atoms with van der Waals surface area (Å²) < 4.78 is 16.8. The molecule has 0 bridgehead atoms. The van der Waals surface area contributed by atoms with Crippen LogP contribution in [-0.2, 0) is 30.8 Å². The fraction of sp³-hybridized carbons (Fsp3) is 1.00. The molecule has 1 fully saturated rings. The van der Waals surface area contributed by atoms with Crippen LogP contribution in [0.4, 0.5) is 0 Å². The number of hydrogen-bond donors (Lipinski definition) is 0. The van der Waals surface area contributed by atoms with E-state index in [0.717, 1.165) is 13.0 Å². The van der Waals surface area contributed by atoms with Gasteiger partial charge >= 0.3 is 81.5 Å². The van der Waals surface area contributed by atoms with Crippen LogP contribution in [0.1, 0.15) is 19.3 Å². The minimum atomic E-state index is -1.46. The Kier molecular flexibility index (Phi) is 3.79. The van der Waals surface area contributed by atoms with Crippen LogP contribution in [0.15, 0.2) is 0 Å². The van der Waals surface area contributed by atoms with Gasteiger partial charge in [0.25, 0.3) is 0 Å². The zero-order valence-electron chi connectivity index (χ0n) is 7.22. The van der Waals surface area contributed by atoms with Crippen molar-refractivity contribution in [2.45, 2.75) is 35.3 Å². The molecule has 1 rings (SSSR count). The maximum absolute atomic E-state index is 11.1. The van der Waals surface area contributed by atoms with Gasteiger partial charge in [-0.3, -0.25) is 0 Å². The monoisotopic (exact) mass is 249 g/mol. The third-order valence-corrected chi connectivity index (χ3v) is 11.5. The quantitative estimate of drug-likeness (QED) is 0.691. The zero-order valence-corrected chi connectivity index (χ0v) is 10.8. The van der Waals surface area contributed by atoms with Gasteiger partial charge in [0.2, 0.25) is 0 Å². The second kappa shape index (κ2) is 4.20. The number of rotatable bonds is 2. The summed E-state index contributed by atoms with van der Waals surface area (Å²) in [6.45, 7) is 5.36. The van der Waals surface area contributed by atoms with E-state index in [2.05, 4.69) is 13.1 Å². The molecule has 1 heterocycles. The fourth-order valence-electron chi connectivity index (χ4n) is 1.47. The first-order valence-corrected chi connectivity index (χ1v) is 9.36. The molecule has 0 aromatic carbocycles. The fourth-order valence-corrected chi connectivity index (χ4v) is 5.76. The van der Waals surface area contributed by atoms with Crippen LogP contribution in [-0.4, -0.2) is 18.3 Å². The molecule has 1 saturated heterocycles. The van der Waals surface area contributed by atoms with Gasteiger partial charge in [-0.2, -0.15) is 0 Å². The van der Waals surface area contributed by atoms with E-state index in [9.17, 15) is 2.81 Å². The summed E-state index contributed by atoms with van der Waals surface area (Å²) in [5.41, 5.74) is 0. The first kappa shape index (κ1) is 9.94. The maximum atomic E-state index is 11.1. The average molecular weight is 251 g/mol. The minimum absolute atomic E-state index is 0.0262. The Morgan fingerprint density at radius 1 is 1.45 bits per heavy atom. The molecule has 1 aliphatic rings. The summed E-state index contributed by atoms with van der Waals surface area (Å²) in [4.78, 5) is 0. The third kappa shape index (κ3) is 2.16. The number of ether oxygens (including phenoxy) is 1. The second-order valence-corrected chi connectivity index (χ2v) is 10.7. The van der Waals surface area contributed by atoms with Crippen LogP contribution in [0.25, 0.3) is 0 Å². The molecule has 0 amide bonds. The van der Waals surface area contributed by atoms with Crippen molar-refractivity contribution in [1.29, 1.82) is 0 Å². The van der Waals surface area contributed by atoms with E-state index in [1.807, 2.05) is 0 Å². The predicted octanol–water partition coefficient (Wildman–Crippen LogP) is 1.34.